The van der Waals surface area contributed by atoms with Gasteiger partial charge in [-0.05, 0) is 17.7 Å². The van der Waals surface area contributed by atoms with E-state index < -0.39 is 10.0 Å². The Labute approximate surface area is 145 Å². The van der Waals surface area contributed by atoms with Crippen molar-refractivity contribution in [1.29, 1.82) is 0 Å². The van der Waals surface area contributed by atoms with Crippen LogP contribution in [0.3, 0.4) is 0 Å². The fourth-order valence-corrected chi connectivity index (χ4v) is 4.11. The van der Waals surface area contributed by atoms with Gasteiger partial charge in [-0.1, -0.05) is 60.7 Å². The van der Waals surface area contributed by atoms with Gasteiger partial charge in [0, 0.05) is 10.9 Å². The summed E-state index contributed by atoms with van der Waals surface area (Å²) in [5, 5.41) is 7.65. The monoisotopic (exact) mass is 349 g/mol. The summed E-state index contributed by atoms with van der Waals surface area (Å²) in [6, 6.07) is 21.8. The molecule has 25 heavy (non-hydrogen) atoms. The van der Waals surface area contributed by atoms with E-state index >= 15 is 0 Å². The Kier molecular flexibility index (Phi) is 3.74. The zero-order valence-electron chi connectivity index (χ0n) is 13.2. The van der Waals surface area contributed by atoms with E-state index in [-0.39, 0.29) is 4.90 Å². The highest BCUT2D eigenvalue weighted by Crippen LogP contribution is 2.30. The van der Waals surface area contributed by atoms with E-state index in [4.69, 9.17) is 0 Å². The van der Waals surface area contributed by atoms with Gasteiger partial charge in [0.1, 0.15) is 0 Å². The van der Waals surface area contributed by atoms with Crippen LogP contribution in [0.4, 0.5) is 5.69 Å². The first kappa shape index (κ1) is 15.4. The van der Waals surface area contributed by atoms with Crippen LogP contribution in [0.1, 0.15) is 0 Å². The fraction of sp³-hybridized carbons (Fsp3) is 0. The minimum absolute atomic E-state index is 0.234. The minimum Gasteiger partial charge on any atom is -0.277 e. The molecule has 0 bridgehead atoms. The summed E-state index contributed by atoms with van der Waals surface area (Å²) in [5.74, 6) is 0. The number of H-pyrrole nitrogens is 1. The standard InChI is InChI=1S/C19H15N3O2S/c23-25(24,22-17-11-6-9-15-13-20-21-19(15)17)18-12-5-4-10-16(18)14-7-2-1-3-8-14/h1-13,22H,(H,20,21). The van der Waals surface area contributed by atoms with Gasteiger partial charge >= 0.3 is 0 Å². The van der Waals surface area contributed by atoms with Crippen LogP contribution in [0.25, 0.3) is 22.0 Å². The number of rotatable bonds is 4. The van der Waals surface area contributed by atoms with Crippen LogP contribution in [0.2, 0.25) is 0 Å². The Morgan fingerprint density at radius 3 is 2.44 bits per heavy atom. The number of hydrogen-bond acceptors (Lipinski definition) is 3. The summed E-state index contributed by atoms with van der Waals surface area (Å²) < 4.78 is 28.7. The van der Waals surface area contributed by atoms with E-state index in [9.17, 15) is 8.42 Å². The van der Waals surface area contributed by atoms with E-state index in [2.05, 4.69) is 14.9 Å². The van der Waals surface area contributed by atoms with Crippen molar-refractivity contribution in [3.05, 3.63) is 79.0 Å². The van der Waals surface area contributed by atoms with Gasteiger partial charge in [-0.15, -0.1) is 0 Å². The molecule has 0 spiro atoms. The molecule has 0 aliphatic heterocycles. The summed E-state index contributed by atoms with van der Waals surface area (Å²) in [4.78, 5) is 0.234. The molecule has 1 aromatic heterocycles. The van der Waals surface area contributed by atoms with Crippen molar-refractivity contribution in [3.63, 3.8) is 0 Å². The Morgan fingerprint density at radius 1 is 0.840 bits per heavy atom. The van der Waals surface area contributed by atoms with Gasteiger partial charge in [0.25, 0.3) is 10.0 Å². The van der Waals surface area contributed by atoms with E-state index in [1.54, 1.807) is 36.5 Å². The van der Waals surface area contributed by atoms with Crippen molar-refractivity contribution in [3.8, 4) is 11.1 Å². The molecule has 4 aromatic rings. The Bertz CT molecular complexity index is 1140. The molecule has 0 radical (unpaired) electrons. The second kappa shape index (κ2) is 6.07. The Hall–Kier alpha value is -3.12. The lowest BCUT2D eigenvalue weighted by molar-refractivity contribution is 0.601. The minimum atomic E-state index is -3.76. The first-order chi connectivity index (χ1) is 12.1. The van der Waals surface area contributed by atoms with Crippen LogP contribution in [0, 0.1) is 0 Å². The molecule has 3 aromatic carbocycles. The second-order valence-corrected chi connectivity index (χ2v) is 7.26. The van der Waals surface area contributed by atoms with E-state index in [1.165, 1.54) is 0 Å². The average Bonchev–Trinajstić information content (AvgIpc) is 3.12. The molecule has 0 saturated heterocycles. The highest BCUT2D eigenvalue weighted by atomic mass is 32.2. The predicted molar refractivity (Wildman–Crippen MR) is 98.8 cm³/mol. The molecular weight excluding hydrogens is 334 g/mol. The maximum absolute atomic E-state index is 13.0. The normalized spacial score (nSPS) is 11.5. The summed E-state index contributed by atoms with van der Waals surface area (Å²) in [7, 11) is -3.76. The molecule has 0 amide bonds. The number of hydrogen-bond donors (Lipinski definition) is 2. The second-order valence-electron chi connectivity index (χ2n) is 5.61. The van der Waals surface area contributed by atoms with Crippen molar-refractivity contribution in [2.45, 2.75) is 4.90 Å². The first-order valence-corrected chi connectivity index (χ1v) is 9.23. The molecule has 0 saturated carbocycles. The maximum atomic E-state index is 13.0. The van der Waals surface area contributed by atoms with Crippen molar-refractivity contribution >= 4 is 26.6 Å². The third-order valence-electron chi connectivity index (χ3n) is 3.98. The van der Waals surface area contributed by atoms with E-state index in [1.807, 2.05) is 42.5 Å². The molecule has 0 aliphatic rings. The van der Waals surface area contributed by atoms with Crippen molar-refractivity contribution in [2.24, 2.45) is 0 Å². The summed E-state index contributed by atoms with van der Waals surface area (Å²) in [6.07, 6.45) is 1.66. The first-order valence-electron chi connectivity index (χ1n) is 7.74. The topological polar surface area (TPSA) is 74.8 Å². The maximum Gasteiger partial charge on any atom is 0.262 e. The van der Waals surface area contributed by atoms with Crippen LogP contribution in [0.5, 0.6) is 0 Å². The smallest absolute Gasteiger partial charge is 0.262 e. The third-order valence-corrected chi connectivity index (χ3v) is 5.41. The third kappa shape index (κ3) is 2.88. The molecule has 0 fully saturated rings. The number of sulfonamides is 1. The highest BCUT2D eigenvalue weighted by Gasteiger charge is 2.20. The zero-order chi connectivity index (χ0) is 17.3. The Balaban J connectivity index is 1.81. The van der Waals surface area contributed by atoms with Crippen molar-refractivity contribution in [2.75, 3.05) is 4.72 Å². The lowest BCUT2D eigenvalue weighted by Gasteiger charge is -2.13. The van der Waals surface area contributed by atoms with Gasteiger partial charge in [0.15, 0.2) is 0 Å². The summed E-state index contributed by atoms with van der Waals surface area (Å²) >= 11 is 0. The number of para-hydroxylation sites is 1. The molecule has 2 N–H and O–H groups in total. The SMILES string of the molecule is O=S(=O)(Nc1cccc2cn[nH]c12)c1ccccc1-c1ccccc1. The lowest BCUT2D eigenvalue weighted by Crippen LogP contribution is -2.14. The van der Waals surface area contributed by atoms with Gasteiger partial charge in [-0.2, -0.15) is 5.10 Å². The largest absolute Gasteiger partial charge is 0.277 e. The predicted octanol–water partition coefficient (Wildman–Crippen LogP) is 4.03. The average molecular weight is 349 g/mol. The van der Waals surface area contributed by atoms with Gasteiger partial charge in [0.2, 0.25) is 0 Å². The molecule has 0 unspecified atom stereocenters. The van der Waals surface area contributed by atoms with Crippen LogP contribution in [-0.4, -0.2) is 18.6 Å². The van der Waals surface area contributed by atoms with Crippen LogP contribution < -0.4 is 4.72 Å². The van der Waals surface area contributed by atoms with Gasteiger partial charge in [-0.3, -0.25) is 9.82 Å². The molecule has 0 atom stereocenters. The number of fused-ring (bicyclic) bond motifs is 1. The van der Waals surface area contributed by atoms with E-state index in [0.29, 0.717) is 16.8 Å². The van der Waals surface area contributed by atoms with Gasteiger partial charge in [0.05, 0.1) is 22.3 Å². The van der Waals surface area contributed by atoms with Gasteiger partial charge in [-0.25, -0.2) is 8.42 Å². The molecule has 124 valence electrons. The number of aromatic amines is 1. The highest BCUT2D eigenvalue weighted by molar-refractivity contribution is 7.92. The zero-order valence-corrected chi connectivity index (χ0v) is 14.0. The van der Waals surface area contributed by atoms with Crippen LogP contribution >= 0.6 is 0 Å². The van der Waals surface area contributed by atoms with Crippen molar-refractivity contribution < 1.29 is 8.42 Å². The van der Waals surface area contributed by atoms with Gasteiger partial charge < -0.3 is 0 Å². The number of benzene rings is 3. The molecule has 5 nitrogen and oxygen atoms in total. The van der Waals surface area contributed by atoms with E-state index in [0.717, 1.165) is 10.9 Å². The molecule has 4 rings (SSSR count). The number of nitrogens with one attached hydrogen (secondary N) is 2. The summed E-state index contributed by atoms with van der Waals surface area (Å²) in [6.45, 7) is 0. The molecular formula is C19H15N3O2S. The fourth-order valence-electron chi connectivity index (χ4n) is 2.81. The number of anilines is 1. The van der Waals surface area contributed by atoms with Crippen molar-refractivity contribution in [1.82, 2.24) is 10.2 Å². The lowest BCUT2D eigenvalue weighted by atomic mass is 10.1. The number of aromatic nitrogens is 2. The van der Waals surface area contributed by atoms with Crippen LogP contribution in [0.15, 0.2) is 83.9 Å². The molecule has 0 aliphatic carbocycles. The molecule has 6 heteroatoms. The Morgan fingerprint density at radius 2 is 1.60 bits per heavy atom. The summed E-state index contributed by atoms with van der Waals surface area (Å²) in [5.41, 5.74) is 2.64. The number of nitrogens with zero attached hydrogens (tertiary/aromatic N) is 1. The molecule has 1 heterocycles. The van der Waals surface area contributed by atoms with Crippen LogP contribution in [-0.2, 0) is 10.0 Å². The quantitative estimate of drug-likeness (QED) is 0.584.